The van der Waals surface area contributed by atoms with Crippen LogP contribution in [0.1, 0.15) is 28.8 Å². The zero-order valence-corrected chi connectivity index (χ0v) is 9.95. The summed E-state index contributed by atoms with van der Waals surface area (Å²) in [6.07, 6.45) is 0.701. The third-order valence-corrected chi connectivity index (χ3v) is 3.06. The van der Waals surface area contributed by atoms with Crippen LogP contribution in [-0.2, 0) is 17.7 Å². The first-order chi connectivity index (χ1) is 8.20. The minimum atomic E-state index is -1.25. The van der Waals surface area contributed by atoms with Crippen LogP contribution >= 0.6 is 0 Å². The molecule has 1 N–H and O–H groups in total. The molecule has 5 nitrogen and oxygen atoms in total. The Labute approximate surface area is 100.0 Å². The van der Waals surface area contributed by atoms with Crippen molar-refractivity contribution in [3.63, 3.8) is 0 Å². The smallest absolute Gasteiger partial charge is 0.150 e. The fraction of sp³-hybridized carbons (Fsp3) is 0.583. The number of rotatable bonds is 4. The van der Waals surface area contributed by atoms with Crippen molar-refractivity contribution in [1.82, 2.24) is 0 Å². The van der Waals surface area contributed by atoms with Gasteiger partial charge in [0.25, 0.3) is 0 Å². The van der Waals surface area contributed by atoms with Gasteiger partial charge in [-0.2, -0.15) is 0 Å². The van der Waals surface area contributed by atoms with Gasteiger partial charge in [0.1, 0.15) is 37.1 Å². The van der Waals surface area contributed by atoms with Crippen molar-refractivity contribution >= 4 is 5.97 Å². The lowest BCUT2D eigenvalue weighted by atomic mass is 10.2. The van der Waals surface area contributed by atoms with E-state index in [1.165, 1.54) is 4.90 Å². The van der Waals surface area contributed by atoms with Crippen LogP contribution in [0.3, 0.4) is 0 Å². The maximum atomic E-state index is 10.7. The molecule has 5 heteroatoms. The molecule has 1 aromatic rings. The highest BCUT2D eigenvalue weighted by Crippen LogP contribution is 2.15. The first kappa shape index (κ1) is 12.1. The second kappa shape index (κ2) is 5.33. The van der Waals surface area contributed by atoms with Gasteiger partial charge in [0, 0.05) is 12.0 Å². The molecule has 0 bridgehead atoms. The van der Waals surface area contributed by atoms with E-state index in [1.807, 2.05) is 6.92 Å². The maximum Gasteiger partial charge on any atom is 0.150 e. The van der Waals surface area contributed by atoms with E-state index >= 15 is 0 Å². The van der Waals surface area contributed by atoms with Crippen LogP contribution in [-0.4, -0.2) is 32.3 Å². The summed E-state index contributed by atoms with van der Waals surface area (Å²) < 4.78 is 10.5. The highest BCUT2D eigenvalue weighted by molar-refractivity contribution is 5.82. The van der Waals surface area contributed by atoms with Gasteiger partial charge in [0.15, 0.2) is 0 Å². The highest BCUT2D eigenvalue weighted by Gasteiger charge is 2.18. The molecule has 0 aliphatic carbocycles. The summed E-state index contributed by atoms with van der Waals surface area (Å²) in [6, 6.07) is 1.59. The van der Waals surface area contributed by atoms with Gasteiger partial charge in [0.05, 0.1) is 13.2 Å². The van der Waals surface area contributed by atoms with Gasteiger partial charge >= 0.3 is 0 Å². The Kier molecular flexibility index (Phi) is 3.81. The molecule has 1 fully saturated rings. The number of carboxylic acid groups (broad SMARTS) is 1. The number of carbonyl (C=O) groups excluding carboxylic acids is 1. The number of ether oxygens (including phenoxy) is 1. The number of quaternary nitrogens is 1. The summed E-state index contributed by atoms with van der Waals surface area (Å²) in [5, 5.41) is 10.7. The quantitative estimate of drug-likeness (QED) is 0.703. The fourth-order valence-electron chi connectivity index (χ4n) is 2.12. The topological polar surface area (TPSA) is 66.9 Å². The summed E-state index contributed by atoms with van der Waals surface area (Å²) in [6.45, 7) is 6.19. The standard InChI is InChI=1S/C12H17NO4/c1-2-10-9(7-11(17-10)12(14)15)8-13-3-5-16-6-4-13/h7H,2-6,8H2,1H3,(H,14,15). The van der Waals surface area contributed by atoms with Gasteiger partial charge in [-0.05, 0) is 6.07 Å². The molecular weight excluding hydrogens is 222 g/mol. The van der Waals surface area contributed by atoms with E-state index in [4.69, 9.17) is 9.15 Å². The molecule has 0 spiro atoms. The third-order valence-electron chi connectivity index (χ3n) is 3.06. The normalized spacial score (nSPS) is 17.2. The summed E-state index contributed by atoms with van der Waals surface area (Å²) in [4.78, 5) is 12.1. The van der Waals surface area contributed by atoms with Crippen LogP contribution < -0.4 is 10.0 Å². The molecule has 0 amide bonds. The summed E-state index contributed by atoms with van der Waals surface area (Å²) >= 11 is 0. The average Bonchev–Trinajstić information content (AvgIpc) is 2.74. The molecule has 0 aromatic carbocycles. The predicted molar refractivity (Wildman–Crippen MR) is 57.6 cm³/mol. The maximum absolute atomic E-state index is 10.7. The van der Waals surface area contributed by atoms with E-state index < -0.39 is 5.97 Å². The average molecular weight is 239 g/mol. The molecule has 94 valence electrons. The van der Waals surface area contributed by atoms with E-state index in [1.54, 1.807) is 6.07 Å². The van der Waals surface area contributed by atoms with Crippen LogP contribution in [0.25, 0.3) is 0 Å². The first-order valence-corrected chi connectivity index (χ1v) is 5.95. The molecule has 1 aliphatic heterocycles. The van der Waals surface area contributed by atoms with E-state index in [0.29, 0.717) is 6.42 Å². The Hall–Kier alpha value is -1.33. The van der Waals surface area contributed by atoms with Crippen molar-refractivity contribution < 1.29 is 24.0 Å². The Balaban J connectivity index is 2.10. The Bertz CT molecular complexity index is 393. The Morgan fingerprint density at radius 1 is 1.47 bits per heavy atom. The molecule has 0 saturated carbocycles. The van der Waals surface area contributed by atoms with Crippen LogP contribution in [0.5, 0.6) is 0 Å². The number of aryl methyl sites for hydroxylation is 1. The number of aromatic carboxylic acids is 1. The van der Waals surface area contributed by atoms with Gasteiger partial charge in [-0.15, -0.1) is 0 Å². The second-order valence-corrected chi connectivity index (χ2v) is 4.24. The number of nitrogens with one attached hydrogen (secondary N) is 1. The number of carboxylic acids is 1. The van der Waals surface area contributed by atoms with Gasteiger partial charge in [0.2, 0.25) is 0 Å². The fourth-order valence-corrected chi connectivity index (χ4v) is 2.12. The van der Waals surface area contributed by atoms with Crippen LogP contribution in [0, 0.1) is 0 Å². The molecule has 17 heavy (non-hydrogen) atoms. The first-order valence-electron chi connectivity index (χ1n) is 5.95. The SMILES string of the molecule is CCc1oc(C(=O)[O-])cc1C[NH+]1CCOCC1. The third kappa shape index (κ3) is 2.87. The molecule has 2 rings (SSSR count). The monoisotopic (exact) mass is 239 g/mol. The van der Waals surface area contributed by atoms with E-state index in [0.717, 1.165) is 44.2 Å². The zero-order chi connectivity index (χ0) is 12.3. The number of morpholine rings is 1. The van der Waals surface area contributed by atoms with E-state index in [9.17, 15) is 9.90 Å². The summed E-state index contributed by atoms with van der Waals surface area (Å²) in [5.74, 6) is -0.560. The van der Waals surface area contributed by atoms with Gasteiger partial charge < -0.3 is 24.0 Å². The van der Waals surface area contributed by atoms with Crippen LogP contribution in [0.2, 0.25) is 0 Å². The lowest BCUT2D eigenvalue weighted by Crippen LogP contribution is -3.12. The summed E-state index contributed by atoms with van der Waals surface area (Å²) in [5.41, 5.74) is 0.976. The Morgan fingerprint density at radius 2 is 2.18 bits per heavy atom. The summed E-state index contributed by atoms with van der Waals surface area (Å²) in [7, 11) is 0. The number of hydrogen-bond donors (Lipinski definition) is 1. The molecule has 0 unspecified atom stereocenters. The predicted octanol–water partition coefficient (Wildman–Crippen LogP) is -1.38. The highest BCUT2D eigenvalue weighted by atomic mass is 16.5. The van der Waals surface area contributed by atoms with Crippen molar-refractivity contribution in [3.05, 3.63) is 23.2 Å². The van der Waals surface area contributed by atoms with Crippen LogP contribution in [0.15, 0.2) is 10.5 Å². The van der Waals surface area contributed by atoms with Crippen molar-refractivity contribution in [2.75, 3.05) is 26.3 Å². The second-order valence-electron chi connectivity index (χ2n) is 4.24. The molecule has 1 aromatic heterocycles. The van der Waals surface area contributed by atoms with Crippen molar-refractivity contribution in [3.8, 4) is 0 Å². The van der Waals surface area contributed by atoms with Crippen molar-refractivity contribution in [2.24, 2.45) is 0 Å². The Morgan fingerprint density at radius 3 is 2.76 bits per heavy atom. The molecule has 0 radical (unpaired) electrons. The zero-order valence-electron chi connectivity index (χ0n) is 9.95. The minimum absolute atomic E-state index is 0.0653. The molecular formula is C12H17NO4. The molecule has 2 heterocycles. The number of furan rings is 1. The lowest BCUT2D eigenvalue weighted by molar-refractivity contribution is -0.921. The molecule has 1 aliphatic rings. The van der Waals surface area contributed by atoms with E-state index in [2.05, 4.69) is 0 Å². The van der Waals surface area contributed by atoms with Gasteiger partial charge in [-0.1, -0.05) is 6.92 Å². The minimum Gasteiger partial charge on any atom is -0.542 e. The molecule has 0 atom stereocenters. The largest absolute Gasteiger partial charge is 0.542 e. The van der Waals surface area contributed by atoms with E-state index in [-0.39, 0.29) is 5.76 Å². The van der Waals surface area contributed by atoms with Crippen molar-refractivity contribution in [1.29, 1.82) is 0 Å². The van der Waals surface area contributed by atoms with Crippen LogP contribution in [0.4, 0.5) is 0 Å². The number of carbonyl (C=O) groups is 1. The lowest BCUT2D eigenvalue weighted by Gasteiger charge is -2.23. The van der Waals surface area contributed by atoms with Gasteiger partial charge in [-0.25, -0.2) is 0 Å². The van der Waals surface area contributed by atoms with Gasteiger partial charge in [-0.3, -0.25) is 0 Å². The van der Waals surface area contributed by atoms with Crippen molar-refractivity contribution in [2.45, 2.75) is 19.9 Å². The molecule has 1 saturated heterocycles. The number of hydrogen-bond acceptors (Lipinski definition) is 4.